The third-order valence-corrected chi connectivity index (χ3v) is 6.86. The summed E-state index contributed by atoms with van der Waals surface area (Å²) in [7, 11) is -3.83. The maximum Gasteiger partial charge on any atom is 0.242 e. The Bertz CT molecular complexity index is 905. The van der Waals surface area contributed by atoms with Crippen LogP contribution >= 0.6 is 39.3 Å². The Balaban J connectivity index is 2.18. The zero-order chi connectivity index (χ0) is 20.0. The van der Waals surface area contributed by atoms with Crippen molar-refractivity contribution in [3.05, 3.63) is 57.5 Å². The van der Waals surface area contributed by atoms with E-state index < -0.39 is 22.0 Å². The number of sulfonamides is 1. The number of rotatable bonds is 8. The maximum atomic E-state index is 12.7. The molecular weight excluding hydrogens is 472 g/mol. The topological polar surface area (TPSA) is 75.3 Å². The van der Waals surface area contributed by atoms with E-state index in [0.717, 1.165) is 10.0 Å². The summed E-state index contributed by atoms with van der Waals surface area (Å²) < 4.78 is 28.6. The van der Waals surface area contributed by atoms with Gasteiger partial charge in [0.05, 0.1) is 4.90 Å². The van der Waals surface area contributed by atoms with E-state index in [4.69, 9.17) is 11.6 Å². The molecule has 0 aromatic heterocycles. The predicted molar refractivity (Wildman–Crippen MR) is 116 cm³/mol. The van der Waals surface area contributed by atoms with Crippen LogP contribution in [-0.4, -0.2) is 32.4 Å². The lowest BCUT2D eigenvalue weighted by atomic mass is 10.2. The lowest BCUT2D eigenvalue weighted by molar-refractivity contribution is -0.117. The number of thioether (sulfide) groups is 1. The summed E-state index contributed by atoms with van der Waals surface area (Å²) in [6, 6.07) is 10.5. The lowest BCUT2D eigenvalue weighted by Crippen LogP contribution is -2.44. The van der Waals surface area contributed by atoms with E-state index >= 15 is 0 Å². The number of hydrogen-bond donors (Lipinski definition) is 2. The molecule has 2 rings (SSSR count). The summed E-state index contributed by atoms with van der Waals surface area (Å²) in [5, 5.41) is 3.27. The number of aryl methyl sites for hydroxylation is 1. The minimum atomic E-state index is -3.83. The van der Waals surface area contributed by atoms with Gasteiger partial charge in [0.15, 0.2) is 0 Å². The Morgan fingerprint density at radius 1 is 1.22 bits per heavy atom. The van der Waals surface area contributed by atoms with E-state index in [1.54, 1.807) is 30.3 Å². The number of anilines is 1. The number of nitrogens with one attached hydrogen (secondary N) is 2. The van der Waals surface area contributed by atoms with Gasteiger partial charge in [0, 0.05) is 15.2 Å². The second kappa shape index (κ2) is 9.93. The molecule has 0 bridgehead atoms. The highest BCUT2D eigenvalue weighted by molar-refractivity contribution is 9.10. The third kappa shape index (κ3) is 6.50. The van der Waals surface area contributed by atoms with Crippen LogP contribution in [0.25, 0.3) is 0 Å². The van der Waals surface area contributed by atoms with Gasteiger partial charge >= 0.3 is 0 Å². The second-order valence-corrected chi connectivity index (χ2v) is 9.88. The largest absolute Gasteiger partial charge is 0.325 e. The van der Waals surface area contributed by atoms with E-state index in [0.29, 0.717) is 22.9 Å². The number of amides is 1. The van der Waals surface area contributed by atoms with E-state index in [2.05, 4.69) is 26.0 Å². The zero-order valence-electron chi connectivity index (χ0n) is 14.8. The van der Waals surface area contributed by atoms with Crippen molar-refractivity contribution in [1.29, 1.82) is 0 Å². The number of halogens is 2. The van der Waals surface area contributed by atoms with Crippen LogP contribution in [0.1, 0.15) is 12.0 Å². The van der Waals surface area contributed by atoms with Crippen LogP contribution in [0, 0.1) is 6.92 Å². The highest BCUT2D eigenvalue weighted by atomic mass is 79.9. The lowest BCUT2D eigenvalue weighted by Gasteiger charge is -2.18. The Kier molecular flexibility index (Phi) is 8.18. The van der Waals surface area contributed by atoms with Gasteiger partial charge in [-0.15, -0.1) is 0 Å². The fourth-order valence-electron chi connectivity index (χ4n) is 2.25. The van der Waals surface area contributed by atoms with E-state index in [-0.39, 0.29) is 4.90 Å². The van der Waals surface area contributed by atoms with E-state index in [1.165, 1.54) is 23.9 Å². The van der Waals surface area contributed by atoms with Gasteiger partial charge in [-0.2, -0.15) is 16.5 Å². The van der Waals surface area contributed by atoms with Crippen molar-refractivity contribution >= 4 is 60.9 Å². The molecule has 1 atom stereocenters. The molecule has 1 amide bonds. The SMILES string of the molecule is CSCCC(NS(=O)(=O)c1ccc(Br)cc1)C(=O)Nc1ccc(C)c(Cl)c1. The Morgan fingerprint density at radius 2 is 1.89 bits per heavy atom. The molecule has 0 aliphatic heterocycles. The first-order valence-corrected chi connectivity index (χ1v) is 12.1. The van der Waals surface area contributed by atoms with Gasteiger partial charge < -0.3 is 5.32 Å². The van der Waals surface area contributed by atoms with Crippen LogP contribution in [0.5, 0.6) is 0 Å². The average Bonchev–Trinajstić information content (AvgIpc) is 2.62. The van der Waals surface area contributed by atoms with E-state index in [9.17, 15) is 13.2 Å². The molecular formula is C18H20BrClN2O3S2. The molecule has 2 aromatic carbocycles. The Morgan fingerprint density at radius 3 is 2.48 bits per heavy atom. The fraction of sp³-hybridized carbons (Fsp3) is 0.278. The van der Waals surface area contributed by atoms with Crippen molar-refractivity contribution < 1.29 is 13.2 Å². The molecule has 27 heavy (non-hydrogen) atoms. The minimum Gasteiger partial charge on any atom is -0.325 e. The zero-order valence-corrected chi connectivity index (χ0v) is 18.8. The van der Waals surface area contributed by atoms with Crippen LogP contribution < -0.4 is 10.0 Å². The molecule has 0 saturated carbocycles. The maximum absolute atomic E-state index is 12.7. The molecule has 2 N–H and O–H groups in total. The van der Waals surface area contributed by atoms with Gasteiger partial charge in [0.25, 0.3) is 0 Å². The van der Waals surface area contributed by atoms with Crippen LogP contribution in [-0.2, 0) is 14.8 Å². The molecule has 0 fully saturated rings. The smallest absolute Gasteiger partial charge is 0.242 e. The molecule has 0 radical (unpaired) electrons. The predicted octanol–water partition coefficient (Wildman–Crippen LogP) is 4.45. The normalized spacial score (nSPS) is 12.6. The number of carbonyl (C=O) groups excluding carboxylic acids is 1. The molecule has 0 heterocycles. The van der Waals surface area contributed by atoms with Crippen molar-refractivity contribution in [3.8, 4) is 0 Å². The molecule has 0 aliphatic carbocycles. The van der Waals surface area contributed by atoms with Crippen LogP contribution in [0.4, 0.5) is 5.69 Å². The monoisotopic (exact) mass is 490 g/mol. The summed E-state index contributed by atoms with van der Waals surface area (Å²) in [4.78, 5) is 12.8. The van der Waals surface area contributed by atoms with Gasteiger partial charge in [-0.25, -0.2) is 8.42 Å². The highest BCUT2D eigenvalue weighted by Gasteiger charge is 2.25. The second-order valence-electron chi connectivity index (χ2n) is 5.86. The van der Waals surface area contributed by atoms with Crippen molar-refractivity contribution in [3.63, 3.8) is 0 Å². The van der Waals surface area contributed by atoms with Crippen LogP contribution in [0.15, 0.2) is 51.8 Å². The first-order chi connectivity index (χ1) is 12.7. The molecule has 1 unspecified atom stereocenters. The van der Waals surface area contributed by atoms with Gasteiger partial charge in [-0.1, -0.05) is 33.6 Å². The Hall–Kier alpha value is -1.06. The molecule has 0 spiro atoms. The van der Waals surface area contributed by atoms with Gasteiger partial charge in [-0.05, 0) is 67.3 Å². The summed E-state index contributed by atoms with van der Waals surface area (Å²) in [5.74, 6) is 0.208. The van der Waals surface area contributed by atoms with E-state index in [1.807, 2.05) is 13.2 Å². The van der Waals surface area contributed by atoms with Gasteiger partial charge in [-0.3, -0.25) is 4.79 Å². The third-order valence-electron chi connectivity index (χ3n) is 3.79. The standard InChI is InChI=1S/C18H20BrClN2O3S2/c1-12-3-6-14(11-16(12)20)21-18(23)17(9-10-26-2)22-27(24,25)15-7-4-13(19)5-8-15/h3-8,11,17,22H,9-10H2,1-2H3,(H,21,23). The minimum absolute atomic E-state index is 0.103. The number of carbonyl (C=O) groups is 1. The van der Waals surface area contributed by atoms with Crippen LogP contribution in [0.3, 0.4) is 0 Å². The Labute approximate surface area is 177 Å². The number of hydrogen-bond acceptors (Lipinski definition) is 4. The first kappa shape index (κ1) is 22.2. The molecule has 146 valence electrons. The van der Waals surface area contributed by atoms with Gasteiger partial charge in [0.1, 0.15) is 6.04 Å². The summed E-state index contributed by atoms with van der Waals surface area (Å²) in [5.41, 5.74) is 1.41. The van der Waals surface area contributed by atoms with Crippen molar-refractivity contribution in [1.82, 2.24) is 4.72 Å². The summed E-state index contributed by atoms with van der Waals surface area (Å²) >= 11 is 10.9. The molecule has 0 saturated heterocycles. The molecule has 0 aliphatic rings. The average molecular weight is 492 g/mol. The molecule has 9 heteroatoms. The molecule has 2 aromatic rings. The first-order valence-electron chi connectivity index (χ1n) is 8.07. The summed E-state index contributed by atoms with van der Waals surface area (Å²) in [6.07, 6.45) is 2.26. The van der Waals surface area contributed by atoms with Crippen molar-refractivity contribution in [2.75, 3.05) is 17.3 Å². The number of benzene rings is 2. The van der Waals surface area contributed by atoms with Gasteiger partial charge in [0.2, 0.25) is 15.9 Å². The highest BCUT2D eigenvalue weighted by Crippen LogP contribution is 2.21. The van der Waals surface area contributed by atoms with Crippen molar-refractivity contribution in [2.45, 2.75) is 24.3 Å². The quantitative estimate of drug-likeness (QED) is 0.572. The summed E-state index contributed by atoms with van der Waals surface area (Å²) in [6.45, 7) is 1.86. The fourth-order valence-corrected chi connectivity index (χ4v) is 4.39. The molecule has 5 nitrogen and oxygen atoms in total. The van der Waals surface area contributed by atoms with Crippen LogP contribution in [0.2, 0.25) is 5.02 Å². The van der Waals surface area contributed by atoms with Crippen molar-refractivity contribution in [2.24, 2.45) is 0 Å².